The topological polar surface area (TPSA) is 49.4 Å². The van der Waals surface area contributed by atoms with E-state index in [0.29, 0.717) is 0 Å². The van der Waals surface area contributed by atoms with Crippen LogP contribution in [0.1, 0.15) is 71.1 Å². The Hall–Kier alpha value is -1.06. The number of piperazine rings is 1. The predicted molar refractivity (Wildman–Crippen MR) is 81.7 cm³/mol. The maximum atomic E-state index is 13.0. The van der Waals surface area contributed by atoms with E-state index in [1.165, 1.54) is 25.7 Å². The highest BCUT2D eigenvalue weighted by Gasteiger charge is 2.50. The molecule has 1 spiro atoms. The molecule has 0 aromatic carbocycles. The zero-order chi connectivity index (χ0) is 14.9. The second-order valence-corrected chi connectivity index (χ2v) is 7.14. The summed E-state index contributed by atoms with van der Waals surface area (Å²) >= 11 is 0. The molecule has 3 fully saturated rings. The van der Waals surface area contributed by atoms with Gasteiger partial charge in [0.05, 0.1) is 0 Å². The van der Waals surface area contributed by atoms with Crippen molar-refractivity contribution in [1.29, 1.82) is 0 Å². The zero-order valence-corrected chi connectivity index (χ0v) is 13.2. The molecule has 1 aliphatic heterocycles. The molecule has 0 aromatic rings. The lowest BCUT2D eigenvalue weighted by Crippen LogP contribution is -2.70. The average molecular weight is 292 g/mol. The van der Waals surface area contributed by atoms with Crippen LogP contribution in [0.2, 0.25) is 0 Å². The molecule has 1 atom stereocenters. The van der Waals surface area contributed by atoms with Gasteiger partial charge in [0.15, 0.2) is 0 Å². The molecule has 0 aromatic heterocycles. The van der Waals surface area contributed by atoms with Crippen LogP contribution < -0.4 is 5.32 Å². The SMILES string of the molecule is CCC1C(=O)NC2(CCCCC2)C(=O)N1CCC1CCC1. The second kappa shape index (κ2) is 5.98. The van der Waals surface area contributed by atoms with Gasteiger partial charge in [0, 0.05) is 6.54 Å². The lowest BCUT2D eigenvalue weighted by molar-refractivity contribution is -0.157. The molecule has 1 saturated heterocycles. The van der Waals surface area contributed by atoms with E-state index in [4.69, 9.17) is 0 Å². The number of hydrogen-bond donors (Lipinski definition) is 1. The van der Waals surface area contributed by atoms with E-state index >= 15 is 0 Å². The quantitative estimate of drug-likeness (QED) is 0.866. The van der Waals surface area contributed by atoms with E-state index in [1.807, 2.05) is 11.8 Å². The summed E-state index contributed by atoms with van der Waals surface area (Å²) in [6.07, 6.45) is 10.7. The molecule has 3 rings (SSSR count). The predicted octanol–water partition coefficient (Wildman–Crippen LogP) is 2.62. The van der Waals surface area contributed by atoms with Crippen molar-refractivity contribution in [2.24, 2.45) is 5.92 Å². The molecule has 21 heavy (non-hydrogen) atoms. The second-order valence-electron chi connectivity index (χ2n) is 7.14. The molecule has 3 aliphatic rings. The summed E-state index contributed by atoms with van der Waals surface area (Å²) in [5.74, 6) is 1.06. The number of carbonyl (C=O) groups excluding carboxylic acids is 2. The monoisotopic (exact) mass is 292 g/mol. The standard InChI is InChI=1S/C17H28N2O2/c1-2-14-15(20)18-17(10-4-3-5-11-17)16(21)19(14)12-9-13-7-6-8-13/h13-14H,2-12H2,1H3,(H,18,20). The summed E-state index contributed by atoms with van der Waals surface area (Å²) in [7, 11) is 0. The van der Waals surface area contributed by atoms with Gasteiger partial charge in [0.25, 0.3) is 0 Å². The first-order valence-electron chi connectivity index (χ1n) is 8.79. The summed E-state index contributed by atoms with van der Waals surface area (Å²) < 4.78 is 0. The summed E-state index contributed by atoms with van der Waals surface area (Å²) in [6.45, 7) is 2.78. The molecule has 118 valence electrons. The Labute approximate surface area is 127 Å². The van der Waals surface area contributed by atoms with Gasteiger partial charge in [-0.25, -0.2) is 0 Å². The maximum absolute atomic E-state index is 13.0. The molecule has 4 heteroatoms. The van der Waals surface area contributed by atoms with Crippen molar-refractivity contribution >= 4 is 11.8 Å². The number of nitrogens with zero attached hydrogens (tertiary/aromatic N) is 1. The smallest absolute Gasteiger partial charge is 0.249 e. The number of carbonyl (C=O) groups is 2. The van der Waals surface area contributed by atoms with Gasteiger partial charge in [0.1, 0.15) is 11.6 Å². The third kappa shape index (κ3) is 2.69. The number of hydrogen-bond acceptors (Lipinski definition) is 2. The van der Waals surface area contributed by atoms with Crippen LogP contribution in [0.3, 0.4) is 0 Å². The molecule has 1 N–H and O–H groups in total. The molecule has 1 unspecified atom stereocenters. The van der Waals surface area contributed by atoms with E-state index < -0.39 is 5.54 Å². The van der Waals surface area contributed by atoms with Crippen LogP contribution in [0.4, 0.5) is 0 Å². The van der Waals surface area contributed by atoms with Crippen LogP contribution in [-0.4, -0.2) is 34.8 Å². The van der Waals surface area contributed by atoms with E-state index in [0.717, 1.165) is 51.0 Å². The van der Waals surface area contributed by atoms with E-state index in [-0.39, 0.29) is 17.9 Å². The number of rotatable bonds is 4. The van der Waals surface area contributed by atoms with Gasteiger partial charge in [-0.3, -0.25) is 9.59 Å². The molecule has 2 aliphatic carbocycles. The van der Waals surface area contributed by atoms with Crippen molar-refractivity contribution in [3.8, 4) is 0 Å². The first-order chi connectivity index (χ1) is 10.2. The van der Waals surface area contributed by atoms with Gasteiger partial charge in [-0.05, 0) is 31.6 Å². The lowest BCUT2D eigenvalue weighted by atomic mass is 9.77. The summed E-state index contributed by atoms with van der Waals surface area (Å²) in [4.78, 5) is 27.4. The minimum absolute atomic E-state index is 0.0765. The third-order valence-corrected chi connectivity index (χ3v) is 5.81. The van der Waals surface area contributed by atoms with Crippen molar-refractivity contribution in [2.45, 2.75) is 82.7 Å². The van der Waals surface area contributed by atoms with Crippen LogP contribution in [0.15, 0.2) is 0 Å². The van der Waals surface area contributed by atoms with Crippen LogP contribution in [-0.2, 0) is 9.59 Å². The number of amides is 2. The first-order valence-corrected chi connectivity index (χ1v) is 8.79. The van der Waals surface area contributed by atoms with Crippen molar-refractivity contribution in [3.63, 3.8) is 0 Å². The first kappa shape index (κ1) is 14.9. The largest absolute Gasteiger partial charge is 0.340 e. The van der Waals surface area contributed by atoms with Gasteiger partial charge >= 0.3 is 0 Å². The Bertz CT molecular complexity index is 411. The molecular formula is C17H28N2O2. The molecular weight excluding hydrogens is 264 g/mol. The fraction of sp³-hybridized carbons (Fsp3) is 0.882. The molecule has 0 bridgehead atoms. The highest BCUT2D eigenvalue weighted by molar-refractivity contribution is 5.99. The Balaban J connectivity index is 1.74. The van der Waals surface area contributed by atoms with Crippen molar-refractivity contribution < 1.29 is 9.59 Å². The zero-order valence-electron chi connectivity index (χ0n) is 13.2. The number of nitrogens with one attached hydrogen (secondary N) is 1. The Morgan fingerprint density at radius 1 is 1.14 bits per heavy atom. The van der Waals surface area contributed by atoms with Gasteiger partial charge in [0.2, 0.25) is 11.8 Å². The van der Waals surface area contributed by atoms with E-state index in [9.17, 15) is 9.59 Å². The van der Waals surface area contributed by atoms with Crippen LogP contribution >= 0.6 is 0 Å². The highest BCUT2D eigenvalue weighted by Crippen LogP contribution is 2.35. The van der Waals surface area contributed by atoms with E-state index in [2.05, 4.69) is 5.32 Å². The molecule has 1 heterocycles. The van der Waals surface area contributed by atoms with E-state index in [1.54, 1.807) is 0 Å². The molecule has 4 nitrogen and oxygen atoms in total. The average Bonchev–Trinajstić information content (AvgIpc) is 2.43. The minimum atomic E-state index is -0.569. The molecule has 2 saturated carbocycles. The maximum Gasteiger partial charge on any atom is 0.249 e. The minimum Gasteiger partial charge on any atom is -0.340 e. The summed E-state index contributed by atoms with van der Waals surface area (Å²) in [5, 5.41) is 3.10. The van der Waals surface area contributed by atoms with Gasteiger partial charge in [-0.1, -0.05) is 45.4 Å². The van der Waals surface area contributed by atoms with Gasteiger partial charge in [-0.2, -0.15) is 0 Å². The van der Waals surface area contributed by atoms with Crippen LogP contribution in [0.25, 0.3) is 0 Å². The van der Waals surface area contributed by atoms with Gasteiger partial charge < -0.3 is 10.2 Å². The van der Waals surface area contributed by atoms with Crippen molar-refractivity contribution in [2.75, 3.05) is 6.54 Å². The normalized spacial score (nSPS) is 29.4. The van der Waals surface area contributed by atoms with Gasteiger partial charge in [-0.15, -0.1) is 0 Å². The Morgan fingerprint density at radius 3 is 2.43 bits per heavy atom. The van der Waals surface area contributed by atoms with Crippen molar-refractivity contribution in [3.05, 3.63) is 0 Å². The van der Waals surface area contributed by atoms with Crippen LogP contribution in [0.5, 0.6) is 0 Å². The molecule has 2 amide bonds. The molecule has 0 radical (unpaired) electrons. The summed E-state index contributed by atoms with van der Waals surface area (Å²) in [5.41, 5.74) is -0.569. The Kier molecular flexibility index (Phi) is 4.23. The van der Waals surface area contributed by atoms with Crippen LogP contribution in [0, 0.1) is 5.92 Å². The Morgan fingerprint density at radius 2 is 1.86 bits per heavy atom. The fourth-order valence-corrected chi connectivity index (χ4v) is 4.19. The lowest BCUT2D eigenvalue weighted by Gasteiger charge is -2.48. The highest BCUT2D eigenvalue weighted by atomic mass is 16.2. The summed E-state index contributed by atoms with van der Waals surface area (Å²) in [6, 6.07) is -0.245. The third-order valence-electron chi connectivity index (χ3n) is 5.81. The van der Waals surface area contributed by atoms with Crippen molar-refractivity contribution in [1.82, 2.24) is 10.2 Å². The fourth-order valence-electron chi connectivity index (χ4n) is 4.19.